The van der Waals surface area contributed by atoms with E-state index in [1.54, 1.807) is 41.5 Å². The number of rotatable bonds is 0. The molecular formula is C20H34N2O12S2. The van der Waals surface area contributed by atoms with Gasteiger partial charge in [0.15, 0.2) is 0 Å². The van der Waals surface area contributed by atoms with Crippen LogP contribution < -0.4 is 0 Å². The highest BCUT2D eigenvalue weighted by Gasteiger charge is 2.50. The van der Waals surface area contributed by atoms with Crippen molar-refractivity contribution in [3.05, 3.63) is 0 Å². The monoisotopic (exact) mass is 558 g/mol. The van der Waals surface area contributed by atoms with Crippen LogP contribution in [-0.2, 0) is 47.9 Å². The summed E-state index contributed by atoms with van der Waals surface area (Å²) in [6, 6.07) is -1.06. The summed E-state index contributed by atoms with van der Waals surface area (Å²) in [6.07, 6.45) is -1.83. The molecule has 0 bridgehead atoms. The molecule has 0 aromatic carbocycles. The Balaban J connectivity index is 0.000000201. The van der Waals surface area contributed by atoms with E-state index in [-0.39, 0.29) is 38.3 Å². The van der Waals surface area contributed by atoms with Gasteiger partial charge in [-0.15, -0.1) is 0 Å². The molecule has 0 aromatic heterocycles. The Morgan fingerprint density at radius 3 is 1.28 bits per heavy atom. The van der Waals surface area contributed by atoms with E-state index in [9.17, 15) is 26.4 Å². The van der Waals surface area contributed by atoms with Crippen LogP contribution in [0, 0.1) is 11.8 Å². The predicted molar refractivity (Wildman–Crippen MR) is 122 cm³/mol. The summed E-state index contributed by atoms with van der Waals surface area (Å²) in [5.41, 5.74) is -1.53. The van der Waals surface area contributed by atoms with Crippen molar-refractivity contribution < 1.29 is 53.7 Å². The minimum Gasteiger partial charge on any atom is -0.443 e. The highest BCUT2D eigenvalue weighted by atomic mass is 32.2. The van der Waals surface area contributed by atoms with E-state index in [4.69, 9.17) is 27.3 Å². The molecule has 14 nitrogen and oxygen atoms in total. The molecule has 0 spiro atoms. The molecule has 4 aliphatic heterocycles. The summed E-state index contributed by atoms with van der Waals surface area (Å²) in [5, 5.41) is 0. The maximum absolute atomic E-state index is 12.0. The molecule has 4 aliphatic rings. The van der Waals surface area contributed by atoms with Gasteiger partial charge in [0, 0.05) is 11.8 Å². The molecule has 16 heteroatoms. The van der Waals surface area contributed by atoms with Gasteiger partial charge in [0.1, 0.15) is 11.2 Å². The van der Waals surface area contributed by atoms with Crippen LogP contribution in [0.1, 0.15) is 41.5 Å². The summed E-state index contributed by atoms with van der Waals surface area (Å²) in [5.74, 6) is -0.248. The molecule has 0 N–H and O–H groups in total. The fourth-order valence-corrected chi connectivity index (χ4v) is 6.36. The van der Waals surface area contributed by atoms with E-state index in [1.807, 2.05) is 0 Å². The number of fused-ring (bicyclic) bond motifs is 2. The van der Waals surface area contributed by atoms with Crippen molar-refractivity contribution in [3.63, 3.8) is 0 Å². The topological polar surface area (TPSA) is 164 Å². The van der Waals surface area contributed by atoms with E-state index in [2.05, 4.69) is 0 Å². The maximum Gasteiger partial charge on any atom is 0.426 e. The third-order valence-corrected chi connectivity index (χ3v) is 8.09. The zero-order valence-corrected chi connectivity index (χ0v) is 22.8. The average Bonchev–Trinajstić information content (AvgIpc) is 3.32. The highest BCUT2D eigenvalue weighted by molar-refractivity contribution is 7.85. The number of amides is 2. The van der Waals surface area contributed by atoms with E-state index >= 15 is 0 Å². The second-order valence-corrected chi connectivity index (χ2v) is 13.7. The Morgan fingerprint density at radius 2 is 0.972 bits per heavy atom. The van der Waals surface area contributed by atoms with Crippen LogP contribution in [0.2, 0.25) is 0 Å². The normalized spacial score (nSPS) is 30.9. The molecule has 0 aromatic rings. The lowest BCUT2D eigenvalue weighted by Crippen LogP contribution is -2.54. The van der Waals surface area contributed by atoms with E-state index in [1.165, 1.54) is 0 Å². The lowest BCUT2D eigenvalue weighted by Gasteiger charge is -2.35. The van der Waals surface area contributed by atoms with Gasteiger partial charge in [-0.2, -0.15) is 25.4 Å². The number of carbonyl (C=O) groups excluding carboxylic acids is 2. The zero-order valence-electron chi connectivity index (χ0n) is 21.2. The summed E-state index contributed by atoms with van der Waals surface area (Å²) in [7, 11) is -8.14. The van der Waals surface area contributed by atoms with E-state index < -0.39 is 56.1 Å². The van der Waals surface area contributed by atoms with Gasteiger partial charge >= 0.3 is 32.8 Å². The van der Waals surface area contributed by atoms with Gasteiger partial charge in [0.25, 0.3) is 0 Å². The van der Waals surface area contributed by atoms with Gasteiger partial charge < -0.3 is 18.9 Å². The minimum atomic E-state index is -4.07. The molecule has 0 unspecified atom stereocenters. The largest absolute Gasteiger partial charge is 0.443 e. The number of hydrogen-bond acceptors (Lipinski definition) is 12. The molecule has 0 saturated carbocycles. The summed E-state index contributed by atoms with van der Waals surface area (Å²) >= 11 is 0. The molecule has 4 fully saturated rings. The Hall–Kier alpha value is -1.72. The molecular weight excluding hydrogens is 524 g/mol. The summed E-state index contributed by atoms with van der Waals surface area (Å²) in [6.45, 7) is 11.3. The number of nitrogens with zero attached hydrogens (tertiary/aromatic N) is 2. The van der Waals surface area contributed by atoms with Crippen LogP contribution in [0.25, 0.3) is 0 Å². The molecule has 36 heavy (non-hydrogen) atoms. The third kappa shape index (κ3) is 6.77. The van der Waals surface area contributed by atoms with E-state index in [0.29, 0.717) is 21.8 Å². The number of ether oxygens (including phenoxy) is 4. The quantitative estimate of drug-likeness (QED) is 0.415. The van der Waals surface area contributed by atoms with Gasteiger partial charge in [-0.25, -0.2) is 9.59 Å². The Kier molecular flexibility index (Phi) is 8.18. The minimum absolute atomic E-state index is 0.0479. The zero-order chi connectivity index (χ0) is 27.1. The molecule has 4 rings (SSSR count). The predicted octanol–water partition coefficient (Wildman–Crippen LogP) is 1.03. The first-order chi connectivity index (χ1) is 16.4. The van der Waals surface area contributed by atoms with Crippen molar-refractivity contribution >= 4 is 32.8 Å². The Labute approximate surface area is 211 Å². The van der Waals surface area contributed by atoms with Crippen LogP contribution in [-0.4, -0.2) is 101 Å². The standard InChI is InChI=1S/2C10H17NO6S/c2*1-10(2,3)17-9(12)11-8-6-15-4-7(8)5-16-18(11,13)14/h2*7-8H,4-6H2,1-3H3/t2*7-,8-/m10/s1. The Morgan fingerprint density at radius 1 is 0.639 bits per heavy atom. The van der Waals surface area contributed by atoms with Gasteiger partial charge in [-0.1, -0.05) is 0 Å². The molecule has 2 amide bonds. The smallest absolute Gasteiger partial charge is 0.426 e. The molecule has 208 valence electrons. The lowest BCUT2D eigenvalue weighted by molar-refractivity contribution is 0.0201. The van der Waals surface area contributed by atoms with Crippen LogP contribution in [0.4, 0.5) is 9.59 Å². The van der Waals surface area contributed by atoms with Crippen LogP contribution >= 0.6 is 0 Å². The molecule has 4 heterocycles. The van der Waals surface area contributed by atoms with Crippen molar-refractivity contribution in [1.29, 1.82) is 0 Å². The van der Waals surface area contributed by atoms with Gasteiger partial charge in [-0.05, 0) is 41.5 Å². The lowest BCUT2D eigenvalue weighted by atomic mass is 10.1. The third-order valence-electron chi connectivity index (χ3n) is 5.42. The maximum atomic E-state index is 12.0. The van der Waals surface area contributed by atoms with Crippen molar-refractivity contribution in [1.82, 2.24) is 8.61 Å². The first-order valence-electron chi connectivity index (χ1n) is 11.4. The first kappa shape index (κ1) is 28.8. The van der Waals surface area contributed by atoms with Gasteiger partial charge in [0.05, 0.1) is 51.7 Å². The molecule has 4 saturated heterocycles. The van der Waals surface area contributed by atoms with E-state index in [0.717, 1.165) is 0 Å². The fraction of sp³-hybridized carbons (Fsp3) is 0.900. The summed E-state index contributed by atoms with van der Waals surface area (Å²) < 4.78 is 78.6. The average molecular weight is 559 g/mol. The van der Waals surface area contributed by atoms with Crippen LogP contribution in [0.5, 0.6) is 0 Å². The fourth-order valence-electron chi connectivity index (χ4n) is 3.87. The molecule has 0 radical (unpaired) electrons. The van der Waals surface area contributed by atoms with Crippen molar-refractivity contribution in [2.75, 3.05) is 39.6 Å². The second-order valence-electron chi connectivity index (χ2n) is 10.8. The van der Waals surface area contributed by atoms with Crippen LogP contribution in [0.3, 0.4) is 0 Å². The first-order valence-corrected chi connectivity index (χ1v) is 14.1. The molecule has 4 atom stereocenters. The van der Waals surface area contributed by atoms with Crippen molar-refractivity contribution in [2.24, 2.45) is 11.8 Å². The summed E-state index contributed by atoms with van der Waals surface area (Å²) in [4.78, 5) is 23.9. The van der Waals surface area contributed by atoms with Crippen LogP contribution in [0.15, 0.2) is 0 Å². The number of carbonyl (C=O) groups is 2. The van der Waals surface area contributed by atoms with Crippen molar-refractivity contribution in [3.8, 4) is 0 Å². The molecule has 0 aliphatic carbocycles. The second kappa shape index (κ2) is 10.2. The van der Waals surface area contributed by atoms with Crippen molar-refractivity contribution in [2.45, 2.75) is 64.8 Å². The highest BCUT2D eigenvalue weighted by Crippen LogP contribution is 2.31. The number of hydrogen-bond donors (Lipinski definition) is 0. The Bertz CT molecular complexity index is 964. The van der Waals surface area contributed by atoms with Gasteiger partial charge in [-0.3, -0.25) is 8.37 Å². The van der Waals surface area contributed by atoms with Gasteiger partial charge in [0.2, 0.25) is 0 Å². The SMILES string of the molecule is CC(C)(C)OC(=O)N1[C@@H]2COC[C@@H]2COS1(=O)=O.CC(C)(C)OC(=O)N1[C@H]2COC[C@H]2COS1(=O)=O.